The van der Waals surface area contributed by atoms with E-state index in [1.54, 1.807) is 17.6 Å². The molecule has 2 atom stereocenters. The van der Waals surface area contributed by atoms with Crippen LogP contribution in [0.5, 0.6) is 5.75 Å². The second-order valence-corrected chi connectivity index (χ2v) is 6.36. The predicted molar refractivity (Wildman–Crippen MR) is 88.8 cm³/mol. The average molecular weight is 333 g/mol. The lowest BCUT2D eigenvalue weighted by Crippen LogP contribution is -2.51. The number of pyridine rings is 1. The monoisotopic (exact) mass is 333 g/mol. The lowest BCUT2D eigenvalue weighted by atomic mass is 10.1. The summed E-state index contributed by atoms with van der Waals surface area (Å²) >= 11 is 1.32. The first-order chi connectivity index (χ1) is 11.1. The van der Waals surface area contributed by atoms with Crippen molar-refractivity contribution in [1.82, 2.24) is 10.3 Å². The fourth-order valence-electron chi connectivity index (χ4n) is 2.43. The fraction of sp³-hybridized carbons (Fsp3) is 0.375. The van der Waals surface area contributed by atoms with E-state index in [2.05, 4.69) is 10.3 Å². The molecular weight excluding hydrogens is 314 g/mol. The molecule has 1 aliphatic heterocycles. The zero-order valence-corrected chi connectivity index (χ0v) is 13.6. The van der Waals surface area contributed by atoms with Crippen LogP contribution < -0.4 is 15.8 Å². The number of aryl methyl sites for hydroxylation is 1. The summed E-state index contributed by atoms with van der Waals surface area (Å²) in [5.74, 6) is 0.501. The van der Waals surface area contributed by atoms with Crippen molar-refractivity contribution in [3.05, 3.63) is 40.3 Å². The number of nitrogens with one attached hydrogen (secondary N) is 1. The standard InChI is InChI=1S/C16H19N3O3S/c1-10-2-3-11(8-18-10)22-14-4-6-21-9-13(14)19-16(20)15-12(17)5-7-23-15/h2-3,5,7-8,13-14H,4,6,9,17H2,1H3,(H,19,20)/t13-,14+/m0/s1. The van der Waals surface area contributed by atoms with Gasteiger partial charge < -0.3 is 20.5 Å². The molecule has 3 heterocycles. The van der Waals surface area contributed by atoms with Crippen molar-refractivity contribution in [2.24, 2.45) is 0 Å². The highest BCUT2D eigenvalue weighted by molar-refractivity contribution is 7.12. The summed E-state index contributed by atoms with van der Waals surface area (Å²) < 4.78 is 11.5. The van der Waals surface area contributed by atoms with Crippen LogP contribution in [0.15, 0.2) is 29.8 Å². The number of rotatable bonds is 4. The number of nitrogens with two attached hydrogens (primary N) is 1. The maximum Gasteiger partial charge on any atom is 0.263 e. The van der Waals surface area contributed by atoms with Gasteiger partial charge in [0.1, 0.15) is 16.7 Å². The van der Waals surface area contributed by atoms with Gasteiger partial charge in [-0.15, -0.1) is 11.3 Å². The van der Waals surface area contributed by atoms with Gasteiger partial charge in [0, 0.05) is 12.1 Å². The number of amides is 1. The Morgan fingerprint density at radius 3 is 3.04 bits per heavy atom. The second-order valence-electron chi connectivity index (χ2n) is 5.44. The van der Waals surface area contributed by atoms with E-state index >= 15 is 0 Å². The van der Waals surface area contributed by atoms with Crippen molar-refractivity contribution >= 4 is 22.9 Å². The van der Waals surface area contributed by atoms with E-state index < -0.39 is 0 Å². The quantitative estimate of drug-likeness (QED) is 0.894. The Hall–Kier alpha value is -2.12. The zero-order chi connectivity index (χ0) is 16.2. The van der Waals surface area contributed by atoms with Crippen molar-refractivity contribution in [3.8, 4) is 5.75 Å². The number of carbonyl (C=O) groups is 1. The van der Waals surface area contributed by atoms with Crippen molar-refractivity contribution in [1.29, 1.82) is 0 Å². The zero-order valence-electron chi connectivity index (χ0n) is 12.8. The number of hydrogen-bond acceptors (Lipinski definition) is 6. The van der Waals surface area contributed by atoms with E-state index in [1.807, 2.05) is 19.1 Å². The van der Waals surface area contributed by atoms with Crippen LogP contribution >= 0.6 is 11.3 Å². The minimum absolute atomic E-state index is 0.154. The molecule has 3 rings (SSSR count). The third kappa shape index (κ3) is 3.80. The fourth-order valence-corrected chi connectivity index (χ4v) is 3.15. The minimum Gasteiger partial charge on any atom is -0.486 e. The molecule has 0 aromatic carbocycles. The molecule has 0 saturated carbocycles. The van der Waals surface area contributed by atoms with Gasteiger partial charge in [0.25, 0.3) is 5.91 Å². The molecule has 0 bridgehead atoms. The summed E-state index contributed by atoms with van der Waals surface area (Å²) in [6.07, 6.45) is 2.25. The summed E-state index contributed by atoms with van der Waals surface area (Å²) in [6.45, 7) is 2.95. The van der Waals surface area contributed by atoms with Crippen molar-refractivity contribution in [2.45, 2.75) is 25.5 Å². The molecule has 0 spiro atoms. The van der Waals surface area contributed by atoms with E-state index in [0.717, 1.165) is 5.69 Å². The topological polar surface area (TPSA) is 86.5 Å². The molecule has 1 amide bonds. The summed E-state index contributed by atoms with van der Waals surface area (Å²) in [5, 5.41) is 4.76. The van der Waals surface area contributed by atoms with Crippen LogP contribution in [-0.4, -0.2) is 36.3 Å². The lowest BCUT2D eigenvalue weighted by molar-refractivity contribution is -0.00294. The molecule has 3 N–H and O–H groups in total. The molecule has 0 radical (unpaired) electrons. The van der Waals surface area contributed by atoms with Gasteiger partial charge in [-0.1, -0.05) is 0 Å². The normalized spacial score (nSPS) is 20.9. The van der Waals surface area contributed by atoms with Crippen LogP contribution in [0.4, 0.5) is 5.69 Å². The molecule has 0 unspecified atom stereocenters. The molecule has 2 aromatic rings. The van der Waals surface area contributed by atoms with Gasteiger partial charge in [0.2, 0.25) is 0 Å². The Morgan fingerprint density at radius 2 is 2.35 bits per heavy atom. The first-order valence-corrected chi connectivity index (χ1v) is 8.32. The van der Waals surface area contributed by atoms with E-state index in [-0.39, 0.29) is 18.1 Å². The SMILES string of the molecule is Cc1ccc(O[C@@H]2CCOC[C@@H]2NC(=O)c2sccc2N)cn1. The largest absolute Gasteiger partial charge is 0.486 e. The van der Waals surface area contributed by atoms with Gasteiger partial charge in [-0.2, -0.15) is 0 Å². The number of anilines is 1. The highest BCUT2D eigenvalue weighted by atomic mass is 32.1. The van der Waals surface area contributed by atoms with Crippen molar-refractivity contribution in [3.63, 3.8) is 0 Å². The average Bonchev–Trinajstić information content (AvgIpc) is 2.97. The Kier molecular flexibility index (Phi) is 4.78. The van der Waals surface area contributed by atoms with Crippen LogP contribution in [0.25, 0.3) is 0 Å². The molecule has 1 saturated heterocycles. The van der Waals surface area contributed by atoms with Gasteiger partial charge in [-0.3, -0.25) is 9.78 Å². The third-order valence-corrected chi connectivity index (χ3v) is 4.61. The van der Waals surface area contributed by atoms with Crippen LogP contribution in [0.2, 0.25) is 0 Å². The number of ether oxygens (including phenoxy) is 2. The highest BCUT2D eigenvalue weighted by Crippen LogP contribution is 2.21. The summed E-state index contributed by atoms with van der Waals surface area (Å²) in [4.78, 5) is 17.1. The van der Waals surface area contributed by atoms with Gasteiger partial charge in [0.15, 0.2) is 0 Å². The van der Waals surface area contributed by atoms with E-state index in [9.17, 15) is 4.79 Å². The number of hydrogen-bond donors (Lipinski definition) is 2. The Bertz CT molecular complexity index is 671. The molecular formula is C16H19N3O3S. The first-order valence-electron chi connectivity index (χ1n) is 7.44. The Balaban J connectivity index is 1.67. The predicted octanol–water partition coefficient (Wildman–Crippen LogP) is 2.00. The second kappa shape index (κ2) is 6.97. The third-order valence-electron chi connectivity index (χ3n) is 3.68. The Morgan fingerprint density at radius 1 is 1.48 bits per heavy atom. The van der Waals surface area contributed by atoms with Crippen molar-refractivity contribution < 1.29 is 14.3 Å². The van der Waals surface area contributed by atoms with Gasteiger partial charge in [-0.25, -0.2) is 0 Å². The summed E-state index contributed by atoms with van der Waals surface area (Å²) in [5.41, 5.74) is 7.22. The van der Waals surface area contributed by atoms with Crippen LogP contribution in [0, 0.1) is 6.92 Å². The molecule has 0 aliphatic carbocycles. The molecule has 1 fully saturated rings. The molecule has 122 valence electrons. The van der Waals surface area contributed by atoms with Crippen LogP contribution in [-0.2, 0) is 4.74 Å². The minimum atomic E-state index is -0.223. The summed E-state index contributed by atoms with van der Waals surface area (Å²) in [7, 11) is 0. The van der Waals surface area contributed by atoms with Crippen LogP contribution in [0.1, 0.15) is 21.8 Å². The number of aromatic nitrogens is 1. The lowest BCUT2D eigenvalue weighted by Gasteiger charge is -2.32. The number of nitrogens with zero attached hydrogens (tertiary/aromatic N) is 1. The van der Waals surface area contributed by atoms with Crippen LogP contribution in [0.3, 0.4) is 0 Å². The molecule has 6 nitrogen and oxygen atoms in total. The molecule has 1 aliphatic rings. The molecule has 7 heteroatoms. The number of thiophene rings is 1. The molecule has 2 aromatic heterocycles. The number of carbonyl (C=O) groups excluding carboxylic acids is 1. The van der Waals surface area contributed by atoms with E-state index in [4.69, 9.17) is 15.2 Å². The maximum atomic E-state index is 12.3. The summed E-state index contributed by atoms with van der Waals surface area (Å²) in [6, 6.07) is 5.28. The first kappa shape index (κ1) is 15.8. The van der Waals surface area contributed by atoms with Gasteiger partial charge in [-0.05, 0) is 30.5 Å². The highest BCUT2D eigenvalue weighted by Gasteiger charge is 2.30. The van der Waals surface area contributed by atoms with E-state index in [0.29, 0.717) is 35.9 Å². The molecule has 23 heavy (non-hydrogen) atoms. The van der Waals surface area contributed by atoms with Gasteiger partial charge in [0.05, 0.1) is 31.1 Å². The van der Waals surface area contributed by atoms with Gasteiger partial charge >= 0.3 is 0 Å². The number of nitrogen functional groups attached to an aromatic ring is 1. The van der Waals surface area contributed by atoms with E-state index in [1.165, 1.54) is 11.3 Å². The van der Waals surface area contributed by atoms with Crippen molar-refractivity contribution in [2.75, 3.05) is 18.9 Å². The smallest absolute Gasteiger partial charge is 0.263 e. The Labute approximate surface area is 138 Å². The maximum absolute atomic E-state index is 12.3.